The van der Waals surface area contributed by atoms with E-state index in [2.05, 4.69) is 59.0 Å². The lowest BCUT2D eigenvalue weighted by molar-refractivity contribution is -0.129. The van der Waals surface area contributed by atoms with E-state index in [1.807, 2.05) is 4.90 Å². The molecule has 4 heteroatoms. The molecule has 1 amide bonds. The monoisotopic (exact) mass is 381 g/mol. The lowest BCUT2D eigenvalue weighted by Crippen LogP contribution is -2.38. The zero-order valence-corrected chi connectivity index (χ0v) is 11.1. The normalized spacial score (nSPS) is 10.3. The maximum Gasteiger partial charge on any atom is 0.232 e. The molecule has 0 fully saturated rings. The van der Waals surface area contributed by atoms with E-state index in [4.69, 9.17) is 0 Å². The number of hydrogen-bond acceptors (Lipinski definition) is 1. The van der Waals surface area contributed by atoms with Gasteiger partial charge in [0.05, 0.1) is 4.43 Å². The Bertz CT molecular complexity index is 128. The SMILES string of the molecule is CC(C)N(CCI)C(=O)CI. The molecule has 66 valence electrons. The minimum Gasteiger partial charge on any atom is -0.339 e. The van der Waals surface area contributed by atoms with Crippen molar-refractivity contribution >= 4 is 51.1 Å². The van der Waals surface area contributed by atoms with E-state index in [0.29, 0.717) is 10.5 Å². The van der Waals surface area contributed by atoms with Crippen LogP contribution in [0.4, 0.5) is 0 Å². The zero-order chi connectivity index (χ0) is 8.85. The molecular formula is C7H13I2NO. The third-order valence-corrected chi connectivity index (χ3v) is 2.52. The van der Waals surface area contributed by atoms with Crippen molar-refractivity contribution in [3.8, 4) is 0 Å². The first-order chi connectivity index (χ1) is 5.13. The summed E-state index contributed by atoms with van der Waals surface area (Å²) in [5.74, 6) is 0.247. The topological polar surface area (TPSA) is 20.3 Å². The van der Waals surface area contributed by atoms with Gasteiger partial charge in [-0.25, -0.2) is 0 Å². The van der Waals surface area contributed by atoms with Gasteiger partial charge in [-0.15, -0.1) is 0 Å². The average molecular weight is 381 g/mol. The average Bonchev–Trinajstić information content (AvgIpc) is 1.98. The van der Waals surface area contributed by atoms with Crippen molar-refractivity contribution in [1.29, 1.82) is 0 Å². The van der Waals surface area contributed by atoms with Crippen molar-refractivity contribution in [3.05, 3.63) is 0 Å². The smallest absolute Gasteiger partial charge is 0.232 e. The Balaban J connectivity index is 3.98. The van der Waals surface area contributed by atoms with Crippen molar-refractivity contribution in [2.75, 3.05) is 15.4 Å². The van der Waals surface area contributed by atoms with Gasteiger partial charge < -0.3 is 4.90 Å². The molecule has 0 spiro atoms. The highest BCUT2D eigenvalue weighted by Gasteiger charge is 2.13. The van der Waals surface area contributed by atoms with Crippen LogP contribution in [0.3, 0.4) is 0 Å². The van der Waals surface area contributed by atoms with E-state index < -0.39 is 0 Å². The Labute approximate surface area is 95.4 Å². The predicted octanol–water partition coefficient (Wildman–Crippen LogP) is 2.09. The first-order valence-electron chi connectivity index (χ1n) is 3.54. The van der Waals surface area contributed by atoms with Crippen LogP contribution in [0.1, 0.15) is 13.8 Å². The highest BCUT2D eigenvalue weighted by molar-refractivity contribution is 14.1. The number of amides is 1. The van der Waals surface area contributed by atoms with Crippen molar-refractivity contribution < 1.29 is 4.79 Å². The number of nitrogens with zero attached hydrogens (tertiary/aromatic N) is 1. The Morgan fingerprint density at radius 2 is 2.00 bits per heavy atom. The van der Waals surface area contributed by atoms with Gasteiger partial charge in [-0.3, -0.25) is 4.79 Å². The molecule has 0 radical (unpaired) electrons. The molecule has 0 saturated carbocycles. The van der Waals surface area contributed by atoms with Gasteiger partial charge in [0.15, 0.2) is 0 Å². The minimum absolute atomic E-state index is 0.247. The summed E-state index contributed by atoms with van der Waals surface area (Å²) in [5, 5.41) is 0. The summed E-state index contributed by atoms with van der Waals surface area (Å²) >= 11 is 4.40. The second-order valence-corrected chi connectivity index (χ2v) is 4.35. The number of carbonyl (C=O) groups is 1. The number of alkyl halides is 2. The molecule has 11 heavy (non-hydrogen) atoms. The number of rotatable bonds is 4. The standard InChI is InChI=1S/C7H13I2NO/c1-6(2)10(4-3-8)7(11)5-9/h6H,3-5H2,1-2H3. The number of halogens is 2. The summed E-state index contributed by atoms with van der Waals surface area (Å²) in [6.45, 7) is 4.98. The van der Waals surface area contributed by atoms with Crippen LogP contribution in [0, 0.1) is 0 Å². The first kappa shape index (κ1) is 11.9. The molecular weight excluding hydrogens is 368 g/mol. The van der Waals surface area contributed by atoms with Crippen LogP contribution in [-0.4, -0.2) is 32.2 Å². The van der Waals surface area contributed by atoms with Gasteiger partial charge in [0.1, 0.15) is 0 Å². The minimum atomic E-state index is 0.247. The molecule has 0 aliphatic heterocycles. The maximum atomic E-state index is 11.3. The molecule has 0 aliphatic carbocycles. The van der Waals surface area contributed by atoms with Gasteiger partial charge in [-0.1, -0.05) is 45.2 Å². The molecule has 0 unspecified atom stereocenters. The number of carbonyl (C=O) groups excluding carboxylic acids is 1. The fourth-order valence-corrected chi connectivity index (χ4v) is 1.80. The molecule has 0 bridgehead atoms. The summed E-state index contributed by atoms with van der Waals surface area (Å²) < 4.78 is 1.60. The molecule has 0 aromatic carbocycles. The molecule has 0 saturated heterocycles. The fourth-order valence-electron chi connectivity index (χ4n) is 0.839. The van der Waals surface area contributed by atoms with Crippen LogP contribution < -0.4 is 0 Å². The van der Waals surface area contributed by atoms with Crippen LogP contribution in [0.2, 0.25) is 0 Å². The van der Waals surface area contributed by atoms with E-state index >= 15 is 0 Å². The molecule has 0 rings (SSSR count). The Morgan fingerprint density at radius 3 is 2.27 bits per heavy atom. The second kappa shape index (κ2) is 6.45. The van der Waals surface area contributed by atoms with Crippen LogP contribution in [0.5, 0.6) is 0 Å². The lowest BCUT2D eigenvalue weighted by atomic mass is 10.3. The predicted molar refractivity (Wildman–Crippen MR) is 64.6 cm³/mol. The second-order valence-electron chi connectivity index (χ2n) is 2.50. The fraction of sp³-hybridized carbons (Fsp3) is 0.857. The van der Waals surface area contributed by atoms with Gasteiger partial charge in [0, 0.05) is 17.0 Å². The van der Waals surface area contributed by atoms with E-state index in [9.17, 15) is 4.79 Å². The maximum absolute atomic E-state index is 11.3. The molecule has 0 aliphatic rings. The molecule has 0 aromatic rings. The quantitative estimate of drug-likeness (QED) is 0.540. The Morgan fingerprint density at radius 1 is 1.45 bits per heavy atom. The van der Waals surface area contributed by atoms with Crippen molar-refractivity contribution in [3.63, 3.8) is 0 Å². The third kappa shape index (κ3) is 4.49. The van der Waals surface area contributed by atoms with Crippen molar-refractivity contribution in [1.82, 2.24) is 4.90 Å². The summed E-state index contributed by atoms with van der Waals surface area (Å²) in [5.41, 5.74) is 0. The first-order valence-corrected chi connectivity index (χ1v) is 6.60. The third-order valence-electron chi connectivity index (χ3n) is 1.38. The van der Waals surface area contributed by atoms with Crippen LogP contribution in [-0.2, 0) is 4.79 Å². The number of hydrogen-bond donors (Lipinski definition) is 0. The van der Waals surface area contributed by atoms with Gasteiger partial charge in [-0.05, 0) is 13.8 Å². The Hall–Kier alpha value is 0.930. The van der Waals surface area contributed by atoms with E-state index in [1.54, 1.807) is 0 Å². The van der Waals surface area contributed by atoms with Gasteiger partial charge in [0.25, 0.3) is 0 Å². The van der Waals surface area contributed by atoms with Gasteiger partial charge >= 0.3 is 0 Å². The van der Waals surface area contributed by atoms with E-state index in [0.717, 1.165) is 11.0 Å². The van der Waals surface area contributed by atoms with E-state index in [-0.39, 0.29) is 5.91 Å². The van der Waals surface area contributed by atoms with E-state index in [1.165, 1.54) is 0 Å². The highest BCUT2D eigenvalue weighted by atomic mass is 127. The van der Waals surface area contributed by atoms with Crippen LogP contribution >= 0.6 is 45.2 Å². The Kier molecular flexibility index (Phi) is 6.99. The summed E-state index contributed by atoms with van der Waals surface area (Å²) in [7, 11) is 0. The van der Waals surface area contributed by atoms with Crippen LogP contribution in [0.15, 0.2) is 0 Å². The van der Waals surface area contributed by atoms with Crippen molar-refractivity contribution in [2.45, 2.75) is 19.9 Å². The molecule has 2 nitrogen and oxygen atoms in total. The van der Waals surface area contributed by atoms with Crippen LogP contribution in [0.25, 0.3) is 0 Å². The van der Waals surface area contributed by atoms with Crippen molar-refractivity contribution in [2.24, 2.45) is 0 Å². The zero-order valence-electron chi connectivity index (χ0n) is 6.81. The largest absolute Gasteiger partial charge is 0.339 e. The summed E-state index contributed by atoms with van der Waals surface area (Å²) in [6.07, 6.45) is 0. The molecule has 0 aromatic heterocycles. The lowest BCUT2D eigenvalue weighted by Gasteiger charge is -2.24. The summed E-state index contributed by atoms with van der Waals surface area (Å²) in [4.78, 5) is 13.2. The molecule has 0 N–H and O–H groups in total. The molecule has 0 heterocycles. The highest BCUT2D eigenvalue weighted by Crippen LogP contribution is 2.02. The van der Waals surface area contributed by atoms with Gasteiger partial charge in [0.2, 0.25) is 5.91 Å². The molecule has 0 atom stereocenters. The summed E-state index contributed by atoms with van der Waals surface area (Å²) in [6, 6.07) is 0.340. The van der Waals surface area contributed by atoms with Gasteiger partial charge in [-0.2, -0.15) is 0 Å².